The monoisotopic (exact) mass is 381 g/mol. The number of fused-ring (bicyclic) bond motifs is 1. The Morgan fingerprint density at radius 2 is 2.11 bits per heavy atom. The fourth-order valence-corrected chi connectivity index (χ4v) is 3.24. The SMILES string of the molecule is CC[C@H](C)[C@H]1C(=O)Nc2ccccc2CN1C(=O)Nc1cncc(C(N)=O)c1. The van der Waals surface area contributed by atoms with Crippen LogP contribution < -0.4 is 16.4 Å². The normalized spacial score (nSPS) is 17.1. The van der Waals surface area contributed by atoms with Gasteiger partial charge < -0.3 is 21.3 Å². The van der Waals surface area contributed by atoms with Crippen LogP contribution in [0.2, 0.25) is 0 Å². The predicted molar refractivity (Wildman–Crippen MR) is 106 cm³/mol. The molecule has 146 valence electrons. The number of para-hydroxylation sites is 1. The third-order valence-corrected chi connectivity index (χ3v) is 4.94. The predicted octanol–water partition coefficient (Wildman–Crippen LogP) is 2.58. The van der Waals surface area contributed by atoms with Crippen LogP contribution in [0.15, 0.2) is 42.7 Å². The minimum absolute atomic E-state index is 0.0462. The molecule has 2 heterocycles. The molecule has 0 saturated heterocycles. The Labute approximate surface area is 163 Å². The summed E-state index contributed by atoms with van der Waals surface area (Å²) in [5.41, 5.74) is 7.35. The van der Waals surface area contributed by atoms with Gasteiger partial charge in [-0.25, -0.2) is 4.79 Å². The average Bonchev–Trinajstić information content (AvgIpc) is 2.83. The molecule has 4 amide bonds. The Morgan fingerprint density at radius 3 is 2.82 bits per heavy atom. The Kier molecular flexibility index (Phi) is 5.58. The molecular weight excluding hydrogens is 358 g/mol. The number of hydrogen-bond acceptors (Lipinski definition) is 4. The van der Waals surface area contributed by atoms with Gasteiger partial charge >= 0.3 is 6.03 Å². The topological polar surface area (TPSA) is 117 Å². The first-order valence-electron chi connectivity index (χ1n) is 9.12. The van der Waals surface area contributed by atoms with Crippen LogP contribution in [-0.2, 0) is 11.3 Å². The van der Waals surface area contributed by atoms with Crippen molar-refractivity contribution in [2.75, 3.05) is 10.6 Å². The molecule has 1 aliphatic heterocycles. The van der Waals surface area contributed by atoms with Gasteiger partial charge in [-0.05, 0) is 23.6 Å². The number of pyridine rings is 1. The highest BCUT2D eigenvalue weighted by molar-refractivity contribution is 6.01. The molecule has 1 aromatic carbocycles. The lowest BCUT2D eigenvalue weighted by Gasteiger charge is -2.32. The van der Waals surface area contributed by atoms with Gasteiger partial charge in [-0.2, -0.15) is 0 Å². The number of nitrogens with two attached hydrogens (primary N) is 1. The van der Waals surface area contributed by atoms with E-state index in [0.717, 1.165) is 12.0 Å². The van der Waals surface area contributed by atoms with Crippen LogP contribution in [0.5, 0.6) is 0 Å². The quantitative estimate of drug-likeness (QED) is 0.754. The Morgan fingerprint density at radius 1 is 1.36 bits per heavy atom. The van der Waals surface area contributed by atoms with Crippen molar-refractivity contribution < 1.29 is 14.4 Å². The molecule has 2 aromatic rings. The zero-order valence-electron chi connectivity index (χ0n) is 15.8. The van der Waals surface area contributed by atoms with Gasteiger partial charge in [-0.15, -0.1) is 0 Å². The van der Waals surface area contributed by atoms with Crippen molar-refractivity contribution >= 4 is 29.2 Å². The van der Waals surface area contributed by atoms with Gasteiger partial charge in [0, 0.05) is 11.9 Å². The van der Waals surface area contributed by atoms with Crippen molar-refractivity contribution in [3.8, 4) is 0 Å². The van der Waals surface area contributed by atoms with E-state index in [4.69, 9.17) is 5.73 Å². The number of rotatable bonds is 4. The first-order chi connectivity index (χ1) is 13.4. The summed E-state index contributed by atoms with van der Waals surface area (Å²) in [6, 6.07) is 7.79. The van der Waals surface area contributed by atoms with E-state index < -0.39 is 18.0 Å². The van der Waals surface area contributed by atoms with Gasteiger partial charge in [0.05, 0.1) is 24.0 Å². The van der Waals surface area contributed by atoms with Crippen LogP contribution in [0.4, 0.5) is 16.2 Å². The molecular formula is C20H23N5O3. The summed E-state index contributed by atoms with van der Waals surface area (Å²) in [5, 5.41) is 5.66. The number of nitrogens with zero attached hydrogens (tertiary/aromatic N) is 2. The highest BCUT2D eigenvalue weighted by Crippen LogP contribution is 2.27. The van der Waals surface area contributed by atoms with Crippen molar-refractivity contribution in [2.24, 2.45) is 11.7 Å². The molecule has 8 nitrogen and oxygen atoms in total. The number of urea groups is 1. The number of carbonyl (C=O) groups excluding carboxylic acids is 3. The van der Waals surface area contributed by atoms with E-state index in [2.05, 4.69) is 15.6 Å². The highest BCUT2D eigenvalue weighted by atomic mass is 16.2. The smallest absolute Gasteiger partial charge is 0.322 e. The Bertz CT molecular complexity index is 914. The first-order valence-corrected chi connectivity index (χ1v) is 9.12. The maximum absolute atomic E-state index is 13.1. The average molecular weight is 381 g/mol. The van der Waals surface area contributed by atoms with E-state index >= 15 is 0 Å². The van der Waals surface area contributed by atoms with Crippen LogP contribution in [0.1, 0.15) is 36.2 Å². The number of carbonyl (C=O) groups is 3. The number of nitrogens with one attached hydrogen (secondary N) is 2. The van der Waals surface area contributed by atoms with Crippen molar-refractivity contribution in [1.29, 1.82) is 0 Å². The standard InChI is InChI=1S/C20H23N5O3/c1-3-12(2)17-19(27)24-16-7-5-4-6-13(16)11-25(17)20(28)23-15-8-14(18(21)26)9-22-10-15/h4-10,12,17H,3,11H2,1-2H3,(H2,21,26)(H,23,28)(H,24,27)/t12-,17-/m0/s1. The van der Waals surface area contributed by atoms with Crippen molar-refractivity contribution in [1.82, 2.24) is 9.88 Å². The minimum Gasteiger partial charge on any atom is -0.366 e. The zero-order valence-corrected chi connectivity index (χ0v) is 15.8. The molecule has 1 aromatic heterocycles. The van der Waals surface area contributed by atoms with Crippen LogP contribution in [0, 0.1) is 5.92 Å². The fraction of sp³-hybridized carbons (Fsp3) is 0.300. The minimum atomic E-state index is -0.635. The molecule has 0 spiro atoms. The molecule has 0 fully saturated rings. The maximum Gasteiger partial charge on any atom is 0.322 e. The van der Waals surface area contributed by atoms with Crippen LogP contribution in [0.25, 0.3) is 0 Å². The fourth-order valence-electron chi connectivity index (χ4n) is 3.24. The first kappa shape index (κ1) is 19.3. The molecule has 4 N–H and O–H groups in total. The number of benzene rings is 1. The summed E-state index contributed by atoms with van der Waals surface area (Å²) in [4.78, 5) is 42.8. The summed E-state index contributed by atoms with van der Waals surface area (Å²) < 4.78 is 0. The van der Waals surface area contributed by atoms with E-state index in [-0.39, 0.29) is 23.9 Å². The third-order valence-electron chi connectivity index (χ3n) is 4.94. The summed E-state index contributed by atoms with van der Waals surface area (Å²) in [5.74, 6) is -0.905. The number of anilines is 2. The summed E-state index contributed by atoms with van der Waals surface area (Å²) >= 11 is 0. The zero-order chi connectivity index (χ0) is 20.3. The molecule has 0 radical (unpaired) electrons. The molecule has 0 bridgehead atoms. The van der Waals surface area contributed by atoms with Crippen LogP contribution >= 0.6 is 0 Å². The molecule has 28 heavy (non-hydrogen) atoms. The molecule has 8 heteroatoms. The molecule has 0 unspecified atom stereocenters. The van der Waals surface area contributed by atoms with Gasteiger partial charge in [0.1, 0.15) is 6.04 Å². The Balaban J connectivity index is 1.93. The lowest BCUT2D eigenvalue weighted by molar-refractivity contribution is -0.121. The van der Waals surface area contributed by atoms with Gasteiger partial charge in [-0.3, -0.25) is 14.6 Å². The lowest BCUT2D eigenvalue weighted by atomic mass is 9.97. The van der Waals surface area contributed by atoms with Crippen LogP contribution in [-0.4, -0.2) is 33.8 Å². The van der Waals surface area contributed by atoms with E-state index in [1.54, 1.807) is 0 Å². The van der Waals surface area contributed by atoms with Crippen LogP contribution in [0.3, 0.4) is 0 Å². The highest BCUT2D eigenvalue weighted by Gasteiger charge is 2.36. The largest absolute Gasteiger partial charge is 0.366 e. The number of hydrogen-bond donors (Lipinski definition) is 3. The van der Waals surface area contributed by atoms with E-state index in [9.17, 15) is 14.4 Å². The van der Waals surface area contributed by atoms with Crippen molar-refractivity contribution in [2.45, 2.75) is 32.9 Å². The molecule has 0 saturated carbocycles. The molecule has 0 aliphatic carbocycles. The molecule has 1 aliphatic rings. The van der Waals surface area contributed by atoms with Gasteiger partial charge in [0.25, 0.3) is 0 Å². The molecule has 2 atom stereocenters. The second kappa shape index (κ2) is 8.08. The molecule has 3 rings (SSSR count). The second-order valence-electron chi connectivity index (χ2n) is 6.86. The van der Waals surface area contributed by atoms with Crippen molar-refractivity contribution in [3.63, 3.8) is 0 Å². The second-order valence-corrected chi connectivity index (χ2v) is 6.86. The Hall–Kier alpha value is -3.42. The van der Waals surface area contributed by atoms with Crippen molar-refractivity contribution in [3.05, 3.63) is 53.9 Å². The summed E-state index contributed by atoms with van der Waals surface area (Å²) in [6.45, 7) is 4.20. The van der Waals surface area contributed by atoms with Gasteiger partial charge in [0.15, 0.2) is 0 Å². The summed E-state index contributed by atoms with van der Waals surface area (Å²) in [7, 11) is 0. The van der Waals surface area contributed by atoms with E-state index in [1.165, 1.54) is 23.4 Å². The third kappa shape index (κ3) is 3.95. The van der Waals surface area contributed by atoms with E-state index in [0.29, 0.717) is 11.4 Å². The number of primary amides is 1. The number of amides is 4. The van der Waals surface area contributed by atoms with E-state index in [1.807, 2.05) is 38.1 Å². The van der Waals surface area contributed by atoms with Gasteiger partial charge in [0.2, 0.25) is 11.8 Å². The lowest BCUT2D eigenvalue weighted by Crippen LogP contribution is -2.50. The van der Waals surface area contributed by atoms with Gasteiger partial charge in [-0.1, -0.05) is 38.5 Å². The summed E-state index contributed by atoms with van der Waals surface area (Å²) in [6.07, 6.45) is 3.49. The number of aromatic nitrogens is 1. The maximum atomic E-state index is 13.1.